The molecular formula is C29H29F2N5O4. The van der Waals surface area contributed by atoms with E-state index in [2.05, 4.69) is 4.98 Å². The highest BCUT2D eigenvalue weighted by Crippen LogP contribution is 2.38. The molecule has 4 aromatic rings. The van der Waals surface area contributed by atoms with Crippen molar-refractivity contribution in [2.24, 2.45) is 7.05 Å². The van der Waals surface area contributed by atoms with Gasteiger partial charge in [0.1, 0.15) is 17.1 Å². The van der Waals surface area contributed by atoms with Crippen LogP contribution >= 0.6 is 0 Å². The van der Waals surface area contributed by atoms with Crippen LogP contribution in [0.25, 0.3) is 22.0 Å². The van der Waals surface area contributed by atoms with Crippen molar-refractivity contribution in [3.8, 4) is 22.6 Å². The summed E-state index contributed by atoms with van der Waals surface area (Å²) in [5, 5.41) is 0.608. The first-order chi connectivity index (χ1) is 19.1. The minimum atomic E-state index is -0.871. The Morgan fingerprint density at radius 3 is 2.40 bits per heavy atom. The van der Waals surface area contributed by atoms with Gasteiger partial charge in [0, 0.05) is 87.9 Å². The second-order valence-electron chi connectivity index (χ2n) is 9.97. The topological polar surface area (TPSA) is 90.9 Å². The Morgan fingerprint density at radius 1 is 0.975 bits per heavy atom. The Kier molecular flexibility index (Phi) is 7.40. The maximum atomic E-state index is 14.5. The lowest BCUT2D eigenvalue weighted by Gasteiger charge is -2.34. The molecule has 0 radical (unpaired) electrons. The molecule has 0 unspecified atom stereocenters. The smallest absolute Gasteiger partial charge is 0.274 e. The van der Waals surface area contributed by atoms with Gasteiger partial charge in [-0.15, -0.1) is 0 Å². The monoisotopic (exact) mass is 549 g/mol. The van der Waals surface area contributed by atoms with Crippen LogP contribution in [0.2, 0.25) is 0 Å². The van der Waals surface area contributed by atoms with E-state index >= 15 is 0 Å². The number of ether oxygens (including phenoxy) is 1. The van der Waals surface area contributed by atoms with Gasteiger partial charge in [-0.05, 0) is 36.4 Å². The standard InChI is InChI=1S/C29H29F2N5O4/c1-33(2)26(37)17-35-10-12-36(13-11-35)28(38)18-4-6-24(40-25-7-5-19(30)15-23(25)31)21(14-18)22-16-34(3)29(39)27-20(22)8-9-32-27/h4-9,14-16,32H,10-13,17H2,1-3H3. The first-order valence-corrected chi connectivity index (χ1v) is 12.8. The number of hydrogen-bond acceptors (Lipinski definition) is 5. The van der Waals surface area contributed by atoms with E-state index in [1.54, 1.807) is 67.6 Å². The van der Waals surface area contributed by atoms with E-state index in [-0.39, 0.29) is 28.9 Å². The molecule has 2 amide bonds. The zero-order chi connectivity index (χ0) is 28.6. The third kappa shape index (κ3) is 5.32. The highest BCUT2D eigenvalue weighted by molar-refractivity contribution is 6.00. The lowest BCUT2D eigenvalue weighted by Crippen LogP contribution is -2.51. The number of pyridine rings is 1. The van der Waals surface area contributed by atoms with E-state index in [4.69, 9.17) is 4.74 Å². The van der Waals surface area contributed by atoms with E-state index in [1.807, 2.05) is 4.90 Å². The number of carbonyl (C=O) groups excluding carboxylic acids is 2. The molecule has 9 nitrogen and oxygen atoms in total. The molecule has 0 aliphatic carbocycles. The molecule has 2 aromatic heterocycles. The molecule has 40 heavy (non-hydrogen) atoms. The average Bonchev–Trinajstić information content (AvgIpc) is 3.43. The highest BCUT2D eigenvalue weighted by Gasteiger charge is 2.25. The summed E-state index contributed by atoms with van der Waals surface area (Å²) >= 11 is 0. The van der Waals surface area contributed by atoms with Gasteiger partial charge < -0.3 is 24.1 Å². The maximum Gasteiger partial charge on any atom is 0.274 e. The van der Waals surface area contributed by atoms with E-state index < -0.39 is 11.6 Å². The third-order valence-electron chi connectivity index (χ3n) is 7.04. The number of aromatic nitrogens is 2. The molecule has 0 saturated carbocycles. The number of aromatic amines is 1. The number of piperazine rings is 1. The van der Waals surface area contributed by atoms with Crippen molar-refractivity contribution in [1.82, 2.24) is 24.3 Å². The normalized spacial score (nSPS) is 14.0. The Morgan fingerprint density at radius 2 is 1.70 bits per heavy atom. The summed E-state index contributed by atoms with van der Waals surface area (Å²) in [6.45, 7) is 2.33. The lowest BCUT2D eigenvalue weighted by molar-refractivity contribution is -0.130. The van der Waals surface area contributed by atoms with E-state index in [0.29, 0.717) is 60.3 Å². The summed E-state index contributed by atoms with van der Waals surface area (Å²) in [6, 6.07) is 9.60. The molecule has 1 aliphatic rings. The minimum absolute atomic E-state index is 0.00549. The van der Waals surface area contributed by atoms with Crippen LogP contribution in [-0.2, 0) is 11.8 Å². The Hall–Kier alpha value is -4.51. The largest absolute Gasteiger partial charge is 0.454 e. The van der Waals surface area contributed by atoms with Gasteiger partial charge in [0.2, 0.25) is 5.91 Å². The number of benzene rings is 2. The van der Waals surface area contributed by atoms with Crippen molar-refractivity contribution in [3.05, 3.63) is 82.4 Å². The predicted octanol–water partition coefficient (Wildman–Crippen LogP) is 3.45. The molecule has 11 heteroatoms. The molecule has 5 rings (SSSR count). The zero-order valence-electron chi connectivity index (χ0n) is 22.4. The molecule has 208 valence electrons. The second kappa shape index (κ2) is 10.9. The van der Waals surface area contributed by atoms with Crippen LogP contribution in [0.5, 0.6) is 11.5 Å². The van der Waals surface area contributed by atoms with Gasteiger partial charge in [-0.25, -0.2) is 8.78 Å². The van der Waals surface area contributed by atoms with Gasteiger partial charge in [0.15, 0.2) is 11.6 Å². The first-order valence-electron chi connectivity index (χ1n) is 12.8. The fourth-order valence-electron chi connectivity index (χ4n) is 4.75. The van der Waals surface area contributed by atoms with Crippen LogP contribution in [0, 0.1) is 11.6 Å². The molecule has 0 spiro atoms. The molecule has 2 aromatic carbocycles. The summed E-state index contributed by atoms with van der Waals surface area (Å²) in [5.41, 5.74) is 1.59. The summed E-state index contributed by atoms with van der Waals surface area (Å²) in [4.78, 5) is 46.5. The molecule has 3 heterocycles. The number of H-pyrrole nitrogens is 1. The van der Waals surface area contributed by atoms with Gasteiger partial charge in [0.05, 0.1) is 6.54 Å². The van der Waals surface area contributed by atoms with E-state index in [0.717, 1.165) is 12.1 Å². The van der Waals surface area contributed by atoms with Crippen molar-refractivity contribution >= 4 is 22.7 Å². The van der Waals surface area contributed by atoms with Crippen molar-refractivity contribution in [2.75, 3.05) is 46.8 Å². The van der Waals surface area contributed by atoms with Gasteiger partial charge in [0.25, 0.3) is 11.5 Å². The van der Waals surface area contributed by atoms with Crippen LogP contribution < -0.4 is 10.3 Å². The Labute approximate surface area is 229 Å². The maximum absolute atomic E-state index is 14.5. The Balaban J connectivity index is 1.50. The minimum Gasteiger partial charge on any atom is -0.454 e. The summed E-state index contributed by atoms with van der Waals surface area (Å²) in [7, 11) is 5.04. The van der Waals surface area contributed by atoms with E-state index in [9.17, 15) is 23.2 Å². The molecule has 1 aliphatic heterocycles. The van der Waals surface area contributed by atoms with Crippen LogP contribution in [0.3, 0.4) is 0 Å². The number of fused-ring (bicyclic) bond motifs is 1. The number of rotatable bonds is 6. The number of likely N-dealkylation sites (N-methyl/N-ethyl adjacent to an activating group) is 1. The van der Waals surface area contributed by atoms with Gasteiger partial charge in [-0.3, -0.25) is 19.3 Å². The SMILES string of the molecule is CN(C)C(=O)CN1CCN(C(=O)c2ccc(Oc3ccc(F)cc3F)c(-c3cn(C)c(=O)c4[nH]ccc34)c2)CC1. The predicted molar refractivity (Wildman–Crippen MR) is 146 cm³/mol. The number of halogens is 2. The molecule has 1 saturated heterocycles. The van der Waals surface area contributed by atoms with Crippen molar-refractivity contribution in [1.29, 1.82) is 0 Å². The first kappa shape index (κ1) is 27.1. The van der Waals surface area contributed by atoms with Gasteiger partial charge in [-0.1, -0.05) is 0 Å². The number of aryl methyl sites for hydroxylation is 1. The Bertz CT molecular complexity index is 1650. The fourth-order valence-corrected chi connectivity index (χ4v) is 4.75. The number of nitrogens with one attached hydrogen (secondary N) is 1. The van der Waals surface area contributed by atoms with Crippen LogP contribution in [-0.4, -0.2) is 82.9 Å². The third-order valence-corrected chi connectivity index (χ3v) is 7.04. The molecular weight excluding hydrogens is 520 g/mol. The molecule has 0 bridgehead atoms. The second-order valence-corrected chi connectivity index (χ2v) is 9.97. The van der Waals surface area contributed by atoms with Crippen molar-refractivity contribution < 1.29 is 23.1 Å². The quantitative estimate of drug-likeness (QED) is 0.398. The molecule has 0 atom stereocenters. The van der Waals surface area contributed by atoms with Crippen LogP contribution in [0.15, 0.2) is 59.7 Å². The molecule has 1 N–H and O–H groups in total. The number of amides is 2. The average molecular weight is 550 g/mol. The highest BCUT2D eigenvalue weighted by atomic mass is 19.1. The summed E-state index contributed by atoms with van der Waals surface area (Å²) in [5.74, 6) is -1.75. The van der Waals surface area contributed by atoms with Gasteiger partial charge >= 0.3 is 0 Å². The van der Waals surface area contributed by atoms with Crippen LogP contribution in [0.4, 0.5) is 8.78 Å². The zero-order valence-corrected chi connectivity index (χ0v) is 22.4. The molecule has 1 fully saturated rings. The number of nitrogens with zero attached hydrogens (tertiary/aromatic N) is 4. The number of hydrogen-bond donors (Lipinski definition) is 1. The fraction of sp³-hybridized carbons (Fsp3) is 0.276. The number of carbonyl (C=O) groups is 2. The lowest BCUT2D eigenvalue weighted by atomic mass is 9.99. The summed E-state index contributed by atoms with van der Waals surface area (Å²) in [6.07, 6.45) is 3.28. The summed E-state index contributed by atoms with van der Waals surface area (Å²) < 4.78 is 35.3. The van der Waals surface area contributed by atoms with Crippen molar-refractivity contribution in [2.45, 2.75) is 0 Å². The van der Waals surface area contributed by atoms with Gasteiger partial charge in [-0.2, -0.15) is 0 Å². The van der Waals surface area contributed by atoms with E-state index in [1.165, 1.54) is 10.6 Å². The van der Waals surface area contributed by atoms with Crippen LogP contribution in [0.1, 0.15) is 10.4 Å². The van der Waals surface area contributed by atoms with Crippen molar-refractivity contribution in [3.63, 3.8) is 0 Å².